The molecule has 1 aromatic rings. The highest BCUT2D eigenvalue weighted by molar-refractivity contribution is 5.25. The first-order valence-electron chi connectivity index (χ1n) is 8.54. The van der Waals surface area contributed by atoms with E-state index < -0.39 is 0 Å². The lowest BCUT2D eigenvalue weighted by molar-refractivity contribution is 0.0721. The molecule has 1 aliphatic rings. The summed E-state index contributed by atoms with van der Waals surface area (Å²) in [6, 6.07) is 10.1. The molecule has 1 N–H and O–H groups in total. The number of nitrogens with zero attached hydrogens (tertiary/aromatic N) is 1. The minimum atomic E-state index is 0.620. The summed E-state index contributed by atoms with van der Waals surface area (Å²) in [4.78, 5) is 2.72. The Morgan fingerprint density at radius 3 is 2.57 bits per heavy atom. The van der Waals surface area contributed by atoms with Gasteiger partial charge >= 0.3 is 0 Å². The molecule has 1 heterocycles. The summed E-state index contributed by atoms with van der Waals surface area (Å²) in [5.41, 5.74) is 2.90. The van der Waals surface area contributed by atoms with Crippen molar-refractivity contribution in [1.29, 1.82) is 0 Å². The molecule has 118 valence electrons. The molecule has 0 amide bonds. The van der Waals surface area contributed by atoms with E-state index in [1.165, 1.54) is 24.1 Å². The van der Waals surface area contributed by atoms with Gasteiger partial charge in [-0.2, -0.15) is 0 Å². The van der Waals surface area contributed by atoms with Crippen molar-refractivity contribution in [3.63, 3.8) is 0 Å². The van der Waals surface area contributed by atoms with Gasteiger partial charge in [0.05, 0.1) is 0 Å². The second-order valence-electron chi connectivity index (χ2n) is 7.07. The van der Waals surface area contributed by atoms with Gasteiger partial charge in [-0.05, 0) is 29.9 Å². The average Bonchev–Trinajstić information content (AvgIpc) is 2.48. The highest BCUT2D eigenvalue weighted by Gasteiger charge is 2.31. The first-order chi connectivity index (χ1) is 10.0. The first kappa shape index (κ1) is 16.5. The molecule has 2 rings (SSSR count). The van der Waals surface area contributed by atoms with Crippen molar-refractivity contribution in [3.05, 3.63) is 35.4 Å². The first-order valence-corrected chi connectivity index (χ1v) is 8.54. The molecule has 1 saturated heterocycles. The van der Waals surface area contributed by atoms with Crippen molar-refractivity contribution < 1.29 is 0 Å². The Hall–Kier alpha value is -0.860. The molecule has 21 heavy (non-hydrogen) atoms. The van der Waals surface area contributed by atoms with Crippen LogP contribution in [0.4, 0.5) is 0 Å². The zero-order chi connectivity index (χ0) is 15.4. The summed E-state index contributed by atoms with van der Waals surface area (Å²) < 4.78 is 0. The van der Waals surface area contributed by atoms with E-state index in [9.17, 15) is 0 Å². The minimum Gasteiger partial charge on any atom is -0.311 e. The summed E-state index contributed by atoms with van der Waals surface area (Å²) in [7, 11) is 0. The van der Waals surface area contributed by atoms with Crippen LogP contribution in [-0.4, -0.2) is 30.1 Å². The Kier molecular flexibility index (Phi) is 5.83. The number of hydrogen-bond acceptors (Lipinski definition) is 2. The van der Waals surface area contributed by atoms with E-state index in [0.29, 0.717) is 18.0 Å². The molecule has 1 aliphatic heterocycles. The molecular formula is C19H32N2. The van der Waals surface area contributed by atoms with Crippen LogP contribution in [0.2, 0.25) is 0 Å². The van der Waals surface area contributed by atoms with Gasteiger partial charge in [-0.15, -0.1) is 0 Å². The van der Waals surface area contributed by atoms with Crippen LogP contribution in [0.25, 0.3) is 0 Å². The van der Waals surface area contributed by atoms with Crippen LogP contribution in [-0.2, 0) is 6.54 Å². The van der Waals surface area contributed by atoms with Gasteiger partial charge in [-0.1, -0.05) is 58.4 Å². The summed E-state index contributed by atoms with van der Waals surface area (Å²) in [6.07, 6.45) is 1.25. The van der Waals surface area contributed by atoms with Gasteiger partial charge in [-0.25, -0.2) is 0 Å². The Balaban J connectivity index is 2.15. The van der Waals surface area contributed by atoms with Gasteiger partial charge in [-0.3, -0.25) is 4.90 Å². The Morgan fingerprint density at radius 1 is 1.24 bits per heavy atom. The van der Waals surface area contributed by atoms with Crippen LogP contribution in [0.15, 0.2) is 24.3 Å². The topological polar surface area (TPSA) is 15.3 Å². The molecule has 0 saturated carbocycles. The smallest absolute Gasteiger partial charge is 0.0250 e. The number of hydrogen-bond donors (Lipinski definition) is 1. The zero-order valence-electron chi connectivity index (χ0n) is 14.4. The SMILES string of the molecule is CCC(C)C1CNC(C(C)C)CN1Cc1ccccc1C. The Morgan fingerprint density at radius 2 is 1.95 bits per heavy atom. The quantitative estimate of drug-likeness (QED) is 0.885. The van der Waals surface area contributed by atoms with E-state index in [0.717, 1.165) is 19.0 Å². The average molecular weight is 288 g/mol. The third-order valence-electron chi connectivity index (χ3n) is 5.23. The van der Waals surface area contributed by atoms with Gasteiger partial charge < -0.3 is 5.32 Å². The second kappa shape index (κ2) is 7.42. The number of nitrogens with one attached hydrogen (secondary N) is 1. The van der Waals surface area contributed by atoms with Crippen LogP contribution >= 0.6 is 0 Å². The molecular weight excluding hydrogens is 256 g/mol. The lowest BCUT2D eigenvalue weighted by Crippen LogP contribution is -2.59. The normalized spacial score (nSPS) is 25.2. The van der Waals surface area contributed by atoms with E-state index >= 15 is 0 Å². The molecule has 0 bridgehead atoms. The highest BCUT2D eigenvalue weighted by atomic mass is 15.2. The lowest BCUT2D eigenvalue weighted by Gasteiger charge is -2.44. The summed E-state index contributed by atoms with van der Waals surface area (Å²) >= 11 is 0. The van der Waals surface area contributed by atoms with E-state index in [2.05, 4.69) is 69.1 Å². The lowest BCUT2D eigenvalue weighted by atomic mass is 9.91. The van der Waals surface area contributed by atoms with Crippen molar-refractivity contribution in [2.24, 2.45) is 11.8 Å². The molecule has 1 fully saturated rings. The van der Waals surface area contributed by atoms with Gasteiger partial charge in [0.15, 0.2) is 0 Å². The number of rotatable bonds is 5. The molecule has 0 aromatic heterocycles. The minimum absolute atomic E-state index is 0.620. The van der Waals surface area contributed by atoms with Crippen LogP contribution in [0.3, 0.4) is 0 Å². The van der Waals surface area contributed by atoms with Crippen LogP contribution in [0, 0.1) is 18.8 Å². The predicted octanol–water partition coefficient (Wildman–Crippen LogP) is 3.84. The molecule has 0 radical (unpaired) electrons. The highest BCUT2D eigenvalue weighted by Crippen LogP contribution is 2.23. The standard InChI is InChI=1S/C19H32N2/c1-6-15(4)19-11-20-18(14(2)3)13-21(19)12-17-10-8-7-9-16(17)5/h7-10,14-15,18-20H,6,11-13H2,1-5H3. The van der Waals surface area contributed by atoms with Crippen molar-refractivity contribution in [2.45, 2.75) is 59.7 Å². The number of piperazine rings is 1. The molecule has 0 spiro atoms. The predicted molar refractivity (Wildman–Crippen MR) is 91.5 cm³/mol. The van der Waals surface area contributed by atoms with Crippen LogP contribution in [0.5, 0.6) is 0 Å². The fourth-order valence-electron chi connectivity index (χ4n) is 3.32. The van der Waals surface area contributed by atoms with Gasteiger partial charge in [0.1, 0.15) is 0 Å². The monoisotopic (exact) mass is 288 g/mol. The molecule has 0 aliphatic carbocycles. The van der Waals surface area contributed by atoms with E-state index in [4.69, 9.17) is 0 Å². The maximum Gasteiger partial charge on any atom is 0.0250 e. The Bertz CT molecular complexity index is 441. The summed E-state index contributed by atoms with van der Waals surface area (Å²) in [5, 5.41) is 3.77. The van der Waals surface area contributed by atoms with Crippen molar-refractivity contribution in [1.82, 2.24) is 10.2 Å². The molecule has 3 atom stereocenters. The third kappa shape index (κ3) is 4.08. The van der Waals surface area contributed by atoms with E-state index in [-0.39, 0.29) is 0 Å². The van der Waals surface area contributed by atoms with Gasteiger partial charge in [0.2, 0.25) is 0 Å². The molecule has 2 nitrogen and oxygen atoms in total. The molecule has 1 aromatic carbocycles. The zero-order valence-corrected chi connectivity index (χ0v) is 14.4. The van der Waals surface area contributed by atoms with Gasteiger partial charge in [0, 0.05) is 31.7 Å². The van der Waals surface area contributed by atoms with E-state index in [1.807, 2.05) is 0 Å². The van der Waals surface area contributed by atoms with Crippen molar-refractivity contribution >= 4 is 0 Å². The maximum absolute atomic E-state index is 3.77. The van der Waals surface area contributed by atoms with Crippen molar-refractivity contribution in [2.75, 3.05) is 13.1 Å². The van der Waals surface area contributed by atoms with E-state index in [1.54, 1.807) is 0 Å². The Labute approximate surface area is 130 Å². The summed E-state index contributed by atoms with van der Waals surface area (Å²) in [5.74, 6) is 1.44. The number of benzene rings is 1. The fourth-order valence-corrected chi connectivity index (χ4v) is 3.32. The largest absolute Gasteiger partial charge is 0.311 e. The van der Waals surface area contributed by atoms with Crippen molar-refractivity contribution in [3.8, 4) is 0 Å². The van der Waals surface area contributed by atoms with Crippen LogP contribution < -0.4 is 5.32 Å². The summed E-state index contributed by atoms with van der Waals surface area (Å²) in [6.45, 7) is 15.0. The van der Waals surface area contributed by atoms with Gasteiger partial charge in [0.25, 0.3) is 0 Å². The fraction of sp³-hybridized carbons (Fsp3) is 0.684. The second-order valence-corrected chi connectivity index (χ2v) is 7.07. The number of aryl methyl sites for hydroxylation is 1. The third-order valence-corrected chi connectivity index (χ3v) is 5.23. The molecule has 2 heteroatoms. The maximum atomic E-state index is 3.77. The van der Waals surface area contributed by atoms with Crippen LogP contribution in [0.1, 0.15) is 45.2 Å². The molecule has 3 unspecified atom stereocenters.